The van der Waals surface area contributed by atoms with E-state index in [1.54, 1.807) is 0 Å². The van der Waals surface area contributed by atoms with Crippen molar-refractivity contribution in [3.8, 4) is 0 Å². The molecule has 12 heteroatoms. The standard InChI is InChI=1S/C18H17F3IN3O4S/c19-12-4-6-15(17(16(12)21)23-14-5-3-11(22)8-13(14)20)24-30(28,29)25-7-1-2-10(9-25)18(26)27/h3-6,8,10,23-24H,1-2,7,9H2,(H,26,27). The lowest BCUT2D eigenvalue weighted by Crippen LogP contribution is -2.44. The molecule has 3 rings (SSSR count). The van der Waals surface area contributed by atoms with Crippen LogP contribution in [0.2, 0.25) is 0 Å². The summed E-state index contributed by atoms with van der Waals surface area (Å²) in [6, 6.07) is 5.75. The van der Waals surface area contributed by atoms with Gasteiger partial charge < -0.3 is 10.4 Å². The van der Waals surface area contributed by atoms with E-state index < -0.39 is 45.2 Å². The molecule has 2 aromatic rings. The highest BCUT2D eigenvalue weighted by Gasteiger charge is 2.33. The van der Waals surface area contributed by atoms with Crippen LogP contribution in [0.5, 0.6) is 0 Å². The number of rotatable bonds is 6. The fraction of sp³-hybridized carbons (Fsp3) is 0.278. The van der Waals surface area contributed by atoms with E-state index in [4.69, 9.17) is 5.11 Å². The maximum absolute atomic E-state index is 14.5. The summed E-state index contributed by atoms with van der Waals surface area (Å²) in [5.41, 5.74) is -1.11. The van der Waals surface area contributed by atoms with Crippen molar-refractivity contribution < 1.29 is 31.5 Å². The van der Waals surface area contributed by atoms with Crippen LogP contribution in [0.3, 0.4) is 0 Å². The van der Waals surface area contributed by atoms with Crippen LogP contribution in [0, 0.1) is 26.9 Å². The molecule has 0 spiro atoms. The highest BCUT2D eigenvalue weighted by molar-refractivity contribution is 14.1. The maximum Gasteiger partial charge on any atom is 0.307 e. The van der Waals surface area contributed by atoms with E-state index in [1.165, 1.54) is 18.2 Å². The van der Waals surface area contributed by atoms with Crippen LogP contribution in [-0.2, 0) is 15.0 Å². The number of piperidine rings is 1. The first kappa shape index (κ1) is 22.6. The lowest BCUT2D eigenvalue weighted by atomic mass is 10.0. The zero-order valence-corrected chi connectivity index (χ0v) is 18.3. The average Bonchev–Trinajstić information content (AvgIpc) is 2.69. The van der Waals surface area contributed by atoms with E-state index >= 15 is 0 Å². The summed E-state index contributed by atoms with van der Waals surface area (Å²) >= 11 is 1.88. The lowest BCUT2D eigenvalue weighted by molar-refractivity contribution is -0.142. The van der Waals surface area contributed by atoms with Gasteiger partial charge in [0.2, 0.25) is 0 Å². The molecule has 1 aliphatic rings. The molecule has 30 heavy (non-hydrogen) atoms. The molecule has 0 bridgehead atoms. The van der Waals surface area contributed by atoms with Gasteiger partial charge in [0.1, 0.15) is 11.5 Å². The van der Waals surface area contributed by atoms with Crippen molar-refractivity contribution in [1.29, 1.82) is 0 Å². The Morgan fingerprint density at radius 2 is 1.83 bits per heavy atom. The van der Waals surface area contributed by atoms with Gasteiger partial charge in [0.05, 0.1) is 17.3 Å². The number of carbonyl (C=O) groups is 1. The third-order valence-electron chi connectivity index (χ3n) is 4.60. The average molecular weight is 555 g/mol. The monoisotopic (exact) mass is 555 g/mol. The van der Waals surface area contributed by atoms with Crippen LogP contribution in [0.25, 0.3) is 0 Å². The minimum Gasteiger partial charge on any atom is -0.481 e. The number of carboxylic acids is 1. The molecule has 1 atom stereocenters. The zero-order chi connectivity index (χ0) is 22.1. The predicted molar refractivity (Wildman–Crippen MR) is 113 cm³/mol. The Labute approximate surface area is 184 Å². The van der Waals surface area contributed by atoms with Gasteiger partial charge in [-0.25, -0.2) is 13.2 Å². The van der Waals surface area contributed by atoms with Gasteiger partial charge in [0, 0.05) is 16.7 Å². The largest absolute Gasteiger partial charge is 0.481 e. The molecule has 162 valence electrons. The second kappa shape index (κ2) is 8.98. The molecule has 7 nitrogen and oxygen atoms in total. The maximum atomic E-state index is 14.5. The van der Waals surface area contributed by atoms with E-state index in [2.05, 4.69) is 10.0 Å². The summed E-state index contributed by atoms with van der Waals surface area (Å²) in [7, 11) is -4.27. The van der Waals surface area contributed by atoms with E-state index in [0.29, 0.717) is 16.4 Å². The number of anilines is 3. The number of hydrogen-bond acceptors (Lipinski definition) is 4. The second-order valence-corrected chi connectivity index (χ2v) is 9.59. The number of hydrogen-bond donors (Lipinski definition) is 3. The first-order chi connectivity index (χ1) is 14.1. The Morgan fingerprint density at radius 3 is 2.50 bits per heavy atom. The lowest BCUT2D eigenvalue weighted by Gasteiger charge is -2.30. The summed E-state index contributed by atoms with van der Waals surface area (Å²) in [6.45, 7) is -0.167. The number of aliphatic carboxylic acids is 1. The Bertz CT molecular complexity index is 1080. The number of benzene rings is 2. The first-order valence-corrected chi connectivity index (χ1v) is 11.3. The van der Waals surface area contributed by atoms with E-state index in [0.717, 1.165) is 16.4 Å². The van der Waals surface area contributed by atoms with Crippen molar-refractivity contribution in [2.75, 3.05) is 23.1 Å². The predicted octanol–water partition coefficient (Wildman–Crippen LogP) is 3.91. The highest BCUT2D eigenvalue weighted by Crippen LogP contribution is 2.33. The van der Waals surface area contributed by atoms with Crippen LogP contribution in [0.15, 0.2) is 30.3 Å². The molecular formula is C18H17F3IN3O4S. The topological polar surface area (TPSA) is 98.7 Å². The molecule has 1 saturated heterocycles. The van der Waals surface area contributed by atoms with Crippen LogP contribution >= 0.6 is 22.6 Å². The van der Waals surface area contributed by atoms with Gasteiger partial charge in [-0.1, -0.05) is 0 Å². The number of nitrogens with zero attached hydrogens (tertiary/aromatic N) is 1. The van der Waals surface area contributed by atoms with Gasteiger partial charge in [-0.3, -0.25) is 9.52 Å². The third kappa shape index (κ3) is 4.98. The van der Waals surface area contributed by atoms with Gasteiger partial charge in [0.25, 0.3) is 0 Å². The molecule has 1 unspecified atom stereocenters. The Hall–Kier alpha value is -2.06. The van der Waals surface area contributed by atoms with Gasteiger partial charge in [0.15, 0.2) is 11.6 Å². The minimum absolute atomic E-state index is 0.0807. The molecule has 0 radical (unpaired) electrons. The number of carboxylic acid groups (broad SMARTS) is 1. The Kier molecular flexibility index (Phi) is 6.77. The van der Waals surface area contributed by atoms with E-state index in [1.807, 2.05) is 22.6 Å². The van der Waals surface area contributed by atoms with Gasteiger partial charge in [-0.15, -0.1) is 0 Å². The van der Waals surface area contributed by atoms with Crippen molar-refractivity contribution >= 4 is 55.8 Å². The summed E-state index contributed by atoms with van der Waals surface area (Å²) in [4.78, 5) is 11.2. The fourth-order valence-corrected chi connectivity index (χ4v) is 4.83. The molecule has 1 heterocycles. The van der Waals surface area contributed by atoms with E-state index in [-0.39, 0.29) is 24.5 Å². The van der Waals surface area contributed by atoms with Crippen molar-refractivity contribution in [1.82, 2.24) is 4.31 Å². The van der Waals surface area contributed by atoms with Crippen LogP contribution in [-0.4, -0.2) is 36.9 Å². The van der Waals surface area contributed by atoms with E-state index in [9.17, 15) is 26.4 Å². The van der Waals surface area contributed by atoms with Crippen molar-refractivity contribution in [2.24, 2.45) is 5.92 Å². The number of halogens is 4. The molecular weight excluding hydrogens is 538 g/mol. The molecule has 0 aromatic heterocycles. The molecule has 1 aliphatic heterocycles. The molecule has 3 N–H and O–H groups in total. The molecule has 0 aliphatic carbocycles. The normalized spacial score (nSPS) is 17.5. The van der Waals surface area contributed by atoms with Gasteiger partial charge >= 0.3 is 16.2 Å². The Morgan fingerprint density at radius 1 is 1.13 bits per heavy atom. The highest BCUT2D eigenvalue weighted by atomic mass is 127. The molecule has 0 amide bonds. The quantitative estimate of drug-likeness (QED) is 0.470. The Balaban J connectivity index is 1.92. The van der Waals surface area contributed by atoms with Gasteiger partial charge in [-0.05, 0) is 65.8 Å². The minimum atomic E-state index is -4.27. The van der Waals surface area contributed by atoms with Crippen LogP contribution in [0.4, 0.5) is 30.2 Å². The zero-order valence-electron chi connectivity index (χ0n) is 15.3. The molecule has 2 aromatic carbocycles. The molecule has 0 saturated carbocycles. The smallest absolute Gasteiger partial charge is 0.307 e. The summed E-state index contributed by atoms with van der Waals surface area (Å²) in [5.74, 6) is -5.36. The van der Waals surface area contributed by atoms with Crippen molar-refractivity contribution in [3.63, 3.8) is 0 Å². The van der Waals surface area contributed by atoms with Crippen LogP contribution < -0.4 is 10.0 Å². The summed E-state index contributed by atoms with van der Waals surface area (Å²) < 4.78 is 71.5. The number of nitrogens with one attached hydrogen (secondary N) is 2. The van der Waals surface area contributed by atoms with Crippen molar-refractivity contribution in [2.45, 2.75) is 12.8 Å². The summed E-state index contributed by atoms with van der Waals surface area (Å²) in [6.07, 6.45) is 0.681. The first-order valence-electron chi connectivity index (χ1n) is 8.79. The van der Waals surface area contributed by atoms with Crippen LogP contribution in [0.1, 0.15) is 12.8 Å². The van der Waals surface area contributed by atoms with Crippen molar-refractivity contribution in [3.05, 3.63) is 51.4 Å². The molecule has 1 fully saturated rings. The van der Waals surface area contributed by atoms with Gasteiger partial charge in [-0.2, -0.15) is 12.7 Å². The SMILES string of the molecule is O=C(O)C1CCCN(S(=O)(=O)Nc2ccc(F)c(F)c2Nc2ccc(I)cc2F)C1. The third-order valence-corrected chi connectivity index (χ3v) is 6.76. The summed E-state index contributed by atoms with van der Waals surface area (Å²) in [5, 5.41) is 11.5. The fourth-order valence-electron chi connectivity index (χ4n) is 3.05. The second-order valence-electron chi connectivity index (χ2n) is 6.68.